The lowest BCUT2D eigenvalue weighted by atomic mass is 9.98. The van der Waals surface area contributed by atoms with Crippen LogP contribution < -0.4 is 10.6 Å². The second-order valence-corrected chi connectivity index (χ2v) is 10.7. The largest absolute Gasteiger partial charge is 0.508 e. The summed E-state index contributed by atoms with van der Waals surface area (Å²) < 4.78 is 5.44. The van der Waals surface area contributed by atoms with Crippen LogP contribution in [0.15, 0.2) is 54.6 Å². The third-order valence-electron chi connectivity index (χ3n) is 5.92. The van der Waals surface area contributed by atoms with Crippen LogP contribution in [0, 0.1) is 0 Å². The predicted octanol–water partition coefficient (Wildman–Crippen LogP) is 5.11. The van der Waals surface area contributed by atoms with E-state index in [0.717, 1.165) is 24.8 Å². The SMILES string of the molecule is CCCCCNC(=O)C(c1ccccc1O)N(C(=O)C(Cc1ccccc1)NC(=O)OC(C)(C)C)C(C)C. The van der Waals surface area contributed by atoms with Crippen molar-refractivity contribution >= 4 is 17.9 Å². The lowest BCUT2D eigenvalue weighted by molar-refractivity contribution is -0.144. The predicted molar refractivity (Wildman–Crippen MR) is 149 cm³/mol. The number of nitrogens with zero attached hydrogens (tertiary/aromatic N) is 1. The van der Waals surface area contributed by atoms with Gasteiger partial charge in [0.15, 0.2) is 0 Å². The Morgan fingerprint density at radius 3 is 2.18 bits per heavy atom. The number of hydrogen-bond donors (Lipinski definition) is 3. The summed E-state index contributed by atoms with van der Waals surface area (Å²) in [5, 5.41) is 16.4. The van der Waals surface area contributed by atoms with E-state index in [-0.39, 0.29) is 18.1 Å². The Balaban J connectivity index is 2.49. The highest BCUT2D eigenvalue weighted by Crippen LogP contribution is 2.31. The van der Waals surface area contributed by atoms with E-state index in [1.807, 2.05) is 44.2 Å². The molecule has 2 atom stereocenters. The number of aromatic hydroxyl groups is 1. The van der Waals surface area contributed by atoms with Crippen molar-refractivity contribution in [1.29, 1.82) is 0 Å². The second kappa shape index (κ2) is 14.4. The first-order valence-electron chi connectivity index (χ1n) is 13.4. The van der Waals surface area contributed by atoms with Crippen molar-refractivity contribution in [3.05, 3.63) is 65.7 Å². The first-order valence-corrected chi connectivity index (χ1v) is 13.4. The molecule has 3 N–H and O–H groups in total. The maximum Gasteiger partial charge on any atom is 0.408 e. The molecule has 8 nitrogen and oxygen atoms in total. The molecule has 8 heteroatoms. The van der Waals surface area contributed by atoms with E-state index in [2.05, 4.69) is 17.6 Å². The Bertz CT molecular complexity index is 1050. The van der Waals surface area contributed by atoms with Crippen LogP contribution in [0.25, 0.3) is 0 Å². The third-order valence-corrected chi connectivity index (χ3v) is 5.92. The van der Waals surface area contributed by atoms with Crippen molar-refractivity contribution in [3.63, 3.8) is 0 Å². The van der Waals surface area contributed by atoms with E-state index in [0.29, 0.717) is 12.1 Å². The Labute approximate surface area is 226 Å². The van der Waals surface area contributed by atoms with Gasteiger partial charge in [0.25, 0.3) is 0 Å². The first kappa shape index (κ1) is 30.7. The number of benzene rings is 2. The standard InChI is InChI=1S/C30H43N3O5/c1-7-8-14-19-31-27(35)26(23-17-12-13-18-25(23)34)33(21(2)3)28(36)24(20-22-15-10-9-11-16-22)32-29(37)38-30(4,5)6/h9-13,15-18,21,24,26,34H,7-8,14,19-20H2,1-6H3,(H,31,35)(H,32,37). The number of para-hydroxylation sites is 1. The van der Waals surface area contributed by atoms with Crippen LogP contribution in [0.1, 0.15) is 78.0 Å². The summed E-state index contributed by atoms with van der Waals surface area (Å²) in [6.07, 6.45) is 2.26. The van der Waals surface area contributed by atoms with Crippen molar-refractivity contribution in [2.75, 3.05) is 6.54 Å². The maximum absolute atomic E-state index is 14.2. The molecule has 0 saturated carbocycles. The fraction of sp³-hybridized carbons (Fsp3) is 0.500. The summed E-state index contributed by atoms with van der Waals surface area (Å²) in [5.41, 5.74) is 0.408. The number of carbonyl (C=O) groups excluding carboxylic acids is 3. The Hall–Kier alpha value is -3.55. The number of hydrogen-bond acceptors (Lipinski definition) is 5. The van der Waals surface area contributed by atoms with Gasteiger partial charge >= 0.3 is 6.09 Å². The van der Waals surface area contributed by atoms with Crippen LogP contribution in [0.4, 0.5) is 4.79 Å². The zero-order valence-electron chi connectivity index (χ0n) is 23.5. The molecule has 0 radical (unpaired) electrons. The topological polar surface area (TPSA) is 108 Å². The van der Waals surface area contributed by atoms with Crippen molar-refractivity contribution in [2.24, 2.45) is 0 Å². The highest BCUT2D eigenvalue weighted by Gasteiger charge is 2.38. The molecule has 0 bridgehead atoms. The lowest BCUT2D eigenvalue weighted by Gasteiger charge is -2.37. The minimum absolute atomic E-state index is 0.0839. The summed E-state index contributed by atoms with van der Waals surface area (Å²) in [7, 11) is 0. The smallest absolute Gasteiger partial charge is 0.408 e. The minimum atomic E-state index is -1.09. The number of phenolic OH excluding ortho intramolecular Hbond substituents is 1. The van der Waals surface area contributed by atoms with E-state index >= 15 is 0 Å². The molecule has 0 saturated heterocycles. The highest BCUT2D eigenvalue weighted by atomic mass is 16.6. The average molecular weight is 526 g/mol. The van der Waals surface area contributed by atoms with Crippen LogP contribution in [-0.2, 0) is 20.7 Å². The van der Waals surface area contributed by atoms with Gasteiger partial charge in [-0.15, -0.1) is 0 Å². The van der Waals surface area contributed by atoms with E-state index in [4.69, 9.17) is 4.74 Å². The Morgan fingerprint density at radius 2 is 1.61 bits per heavy atom. The fourth-order valence-corrected chi connectivity index (χ4v) is 4.18. The normalized spacial score (nSPS) is 12.9. The molecule has 0 aliphatic rings. The van der Waals surface area contributed by atoms with Crippen LogP contribution >= 0.6 is 0 Å². The van der Waals surface area contributed by atoms with E-state index in [9.17, 15) is 19.5 Å². The Kier molecular flexibility index (Phi) is 11.6. The molecule has 208 valence electrons. The van der Waals surface area contributed by atoms with Crippen LogP contribution in [0.2, 0.25) is 0 Å². The quantitative estimate of drug-likeness (QED) is 0.334. The molecule has 0 heterocycles. The van der Waals surface area contributed by atoms with Crippen LogP contribution in [0.3, 0.4) is 0 Å². The molecule has 2 aromatic carbocycles. The van der Waals surface area contributed by atoms with Gasteiger partial charge in [-0.25, -0.2) is 4.79 Å². The van der Waals surface area contributed by atoms with Gasteiger partial charge in [-0.2, -0.15) is 0 Å². The molecule has 2 aromatic rings. The molecule has 0 aliphatic heterocycles. The molecule has 0 spiro atoms. The first-order chi connectivity index (χ1) is 17.9. The summed E-state index contributed by atoms with van der Waals surface area (Å²) >= 11 is 0. The molecular formula is C30H43N3O5. The minimum Gasteiger partial charge on any atom is -0.508 e. The summed E-state index contributed by atoms with van der Waals surface area (Å²) in [6.45, 7) is 11.4. The van der Waals surface area contributed by atoms with Crippen LogP contribution in [-0.4, -0.2) is 52.1 Å². The van der Waals surface area contributed by atoms with Gasteiger partial charge in [0.05, 0.1) is 0 Å². The molecule has 2 unspecified atom stereocenters. The molecule has 38 heavy (non-hydrogen) atoms. The van der Waals surface area contributed by atoms with Gasteiger partial charge in [0, 0.05) is 24.6 Å². The van der Waals surface area contributed by atoms with Crippen LogP contribution in [0.5, 0.6) is 5.75 Å². The van der Waals surface area contributed by atoms with Gasteiger partial charge in [0.2, 0.25) is 11.8 Å². The van der Waals surface area contributed by atoms with Crippen molar-refractivity contribution in [2.45, 2.75) is 91.0 Å². The number of alkyl carbamates (subject to hydrolysis) is 1. The molecule has 3 amide bonds. The summed E-state index contributed by atoms with van der Waals surface area (Å²) in [6, 6.07) is 13.3. The van der Waals surface area contributed by atoms with E-state index < -0.39 is 35.7 Å². The summed E-state index contributed by atoms with van der Waals surface area (Å²) in [4.78, 5) is 42.0. The van der Waals surface area contributed by atoms with E-state index in [1.54, 1.807) is 39.0 Å². The Morgan fingerprint density at radius 1 is 0.974 bits per heavy atom. The average Bonchev–Trinajstić information content (AvgIpc) is 2.84. The number of carbonyl (C=O) groups is 3. The number of rotatable bonds is 12. The van der Waals surface area contributed by atoms with Gasteiger partial charge in [-0.1, -0.05) is 68.3 Å². The van der Waals surface area contributed by atoms with E-state index in [1.165, 1.54) is 11.0 Å². The number of unbranched alkanes of at least 4 members (excludes halogenated alkanes) is 2. The van der Waals surface area contributed by atoms with Gasteiger partial charge < -0.3 is 25.4 Å². The number of nitrogens with one attached hydrogen (secondary N) is 2. The molecule has 0 aliphatic carbocycles. The lowest BCUT2D eigenvalue weighted by Crippen LogP contribution is -2.55. The number of ether oxygens (including phenoxy) is 1. The highest BCUT2D eigenvalue weighted by molar-refractivity contribution is 5.93. The maximum atomic E-state index is 14.2. The molecule has 2 rings (SSSR count). The molecular weight excluding hydrogens is 482 g/mol. The van der Waals surface area contributed by atoms with Gasteiger partial charge in [0.1, 0.15) is 23.4 Å². The van der Waals surface area contributed by atoms with Gasteiger partial charge in [-0.05, 0) is 52.7 Å². The third kappa shape index (κ3) is 9.39. The number of amides is 3. The fourth-order valence-electron chi connectivity index (χ4n) is 4.18. The van der Waals surface area contributed by atoms with Gasteiger partial charge in [-0.3, -0.25) is 9.59 Å². The zero-order valence-corrected chi connectivity index (χ0v) is 23.5. The van der Waals surface area contributed by atoms with Crippen molar-refractivity contribution in [1.82, 2.24) is 15.5 Å². The number of phenols is 1. The second-order valence-electron chi connectivity index (χ2n) is 10.7. The van der Waals surface area contributed by atoms with Crippen molar-refractivity contribution in [3.8, 4) is 5.75 Å². The zero-order chi connectivity index (χ0) is 28.3. The molecule has 0 fully saturated rings. The molecule has 0 aromatic heterocycles. The summed E-state index contributed by atoms with van der Waals surface area (Å²) in [5.74, 6) is -0.925. The monoisotopic (exact) mass is 525 g/mol. The van der Waals surface area contributed by atoms with Crippen molar-refractivity contribution < 1.29 is 24.2 Å².